The van der Waals surface area contributed by atoms with E-state index in [0.717, 1.165) is 36.7 Å². The predicted octanol–water partition coefficient (Wildman–Crippen LogP) is 2.85. The van der Waals surface area contributed by atoms with Crippen molar-refractivity contribution in [3.8, 4) is 0 Å². The van der Waals surface area contributed by atoms with Crippen molar-refractivity contribution in [2.75, 3.05) is 31.1 Å². The summed E-state index contributed by atoms with van der Waals surface area (Å²) in [7, 11) is 0. The van der Waals surface area contributed by atoms with Crippen molar-refractivity contribution in [2.24, 2.45) is 11.3 Å². The van der Waals surface area contributed by atoms with Crippen LogP contribution in [0.4, 0.5) is 5.69 Å². The standard InChI is InChI=1S/C20H29N3O2/c1-14-8-18(9-15(2)21-14)23-11-16-10-22(17-6-4-3-5-7-17)12-20(16,13-23)19(24)25/h8-9,16-17H,3-7,10-13H2,1-2H3,(H,24,25)/t16-,20-/m1/s1. The van der Waals surface area contributed by atoms with Gasteiger partial charge in [0.15, 0.2) is 0 Å². The topological polar surface area (TPSA) is 56.7 Å². The van der Waals surface area contributed by atoms with E-state index in [9.17, 15) is 9.90 Å². The van der Waals surface area contributed by atoms with Crippen molar-refractivity contribution < 1.29 is 9.90 Å². The summed E-state index contributed by atoms with van der Waals surface area (Å²) in [5, 5.41) is 10.1. The molecule has 0 amide bonds. The van der Waals surface area contributed by atoms with E-state index >= 15 is 0 Å². The second-order valence-electron chi connectivity index (χ2n) is 8.37. The first-order chi connectivity index (χ1) is 12.0. The van der Waals surface area contributed by atoms with E-state index in [1.54, 1.807) is 0 Å². The fourth-order valence-electron chi connectivity index (χ4n) is 5.32. The van der Waals surface area contributed by atoms with Gasteiger partial charge in [0.1, 0.15) is 5.41 Å². The summed E-state index contributed by atoms with van der Waals surface area (Å²) in [6.07, 6.45) is 6.43. The third-order valence-corrected chi connectivity index (χ3v) is 6.58. The molecule has 25 heavy (non-hydrogen) atoms. The molecular weight excluding hydrogens is 314 g/mol. The fourth-order valence-corrected chi connectivity index (χ4v) is 5.32. The van der Waals surface area contributed by atoms with Gasteiger partial charge < -0.3 is 10.0 Å². The number of aryl methyl sites for hydroxylation is 2. The summed E-state index contributed by atoms with van der Waals surface area (Å²) >= 11 is 0. The number of likely N-dealkylation sites (tertiary alicyclic amines) is 1. The molecule has 0 bridgehead atoms. The molecule has 136 valence electrons. The van der Waals surface area contributed by atoms with Gasteiger partial charge in [-0.1, -0.05) is 19.3 Å². The third kappa shape index (κ3) is 2.92. The third-order valence-electron chi connectivity index (χ3n) is 6.58. The van der Waals surface area contributed by atoms with Gasteiger partial charge >= 0.3 is 5.97 Å². The highest BCUT2D eigenvalue weighted by Crippen LogP contribution is 2.46. The number of fused-ring (bicyclic) bond motifs is 1. The minimum Gasteiger partial charge on any atom is -0.481 e. The zero-order valence-corrected chi connectivity index (χ0v) is 15.4. The molecule has 3 fully saturated rings. The first kappa shape index (κ1) is 16.8. The van der Waals surface area contributed by atoms with Crippen LogP contribution in [0.5, 0.6) is 0 Å². The van der Waals surface area contributed by atoms with Crippen LogP contribution in [0, 0.1) is 25.2 Å². The molecule has 3 aliphatic rings. The normalized spacial score (nSPS) is 30.6. The van der Waals surface area contributed by atoms with Crippen LogP contribution in [0.1, 0.15) is 43.5 Å². The van der Waals surface area contributed by atoms with Crippen LogP contribution in [0.25, 0.3) is 0 Å². The van der Waals surface area contributed by atoms with Crippen molar-refractivity contribution in [1.82, 2.24) is 9.88 Å². The van der Waals surface area contributed by atoms with Gasteiger partial charge in [-0.3, -0.25) is 14.7 Å². The highest BCUT2D eigenvalue weighted by molar-refractivity contribution is 5.78. The number of carbonyl (C=O) groups is 1. The molecule has 0 aromatic carbocycles. The fraction of sp³-hybridized carbons (Fsp3) is 0.700. The number of hydrogen-bond donors (Lipinski definition) is 1. The first-order valence-corrected chi connectivity index (χ1v) is 9.66. The van der Waals surface area contributed by atoms with E-state index in [4.69, 9.17) is 0 Å². The van der Waals surface area contributed by atoms with Gasteiger partial charge in [0.25, 0.3) is 0 Å². The Morgan fingerprint density at radius 2 is 1.80 bits per heavy atom. The Hall–Kier alpha value is -1.62. The highest BCUT2D eigenvalue weighted by Gasteiger charge is 2.58. The van der Waals surface area contributed by atoms with E-state index in [0.29, 0.717) is 12.6 Å². The van der Waals surface area contributed by atoms with E-state index in [1.807, 2.05) is 13.8 Å². The number of anilines is 1. The number of aliphatic carboxylic acids is 1. The van der Waals surface area contributed by atoms with Crippen LogP contribution >= 0.6 is 0 Å². The molecule has 0 radical (unpaired) electrons. The molecule has 2 aliphatic heterocycles. The number of pyridine rings is 1. The Labute approximate surface area is 150 Å². The Morgan fingerprint density at radius 1 is 1.12 bits per heavy atom. The Kier molecular flexibility index (Phi) is 4.22. The number of carboxylic acid groups (broad SMARTS) is 1. The van der Waals surface area contributed by atoms with Crippen molar-refractivity contribution in [3.05, 3.63) is 23.5 Å². The maximum Gasteiger partial charge on any atom is 0.313 e. The quantitative estimate of drug-likeness (QED) is 0.914. The monoisotopic (exact) mass is 343 g/mol. The Bertz CT molecular complexity index is 651. The second kappa shape index (κ2) is 6.27. The van der Waals surface area contributed by atoms with Crippen LogP contribution < -0.4 is 4.90 Å². The summed E-state index contributed by atoms with van der Waals surface area (Å²) < 4.78 is 0. The lowest BCUT2D eigenvalue weighted by molar-refractivity contribution is -0.148. The molecule has 1 aromatic heterocycles. The SMILES string of the molecule is Cc1cc(N2C[C@H]3CN(C4CCCCC4)C[C@@]3(C(=O)O)C2)cc(C)n1. The highest BCUT2D eigenvalue weighted by atomic mass is 16.4. The average Bonchev–Trinajstić information content (AvgIpc) is 3.10. The molecule has 2 atom stereocenters. The molecule has 4 rings (SSSR count). The lowest BCUT2D eigenvalue weighted by Crippen LogP contribution is -2.43. The van der Waals surface area contributed by atoms with Gasteiger partial charge in [0.2, 0.25) is 0 Å². The minimum atomic E-state index is -0.610. The number of nitrogens with zero attached hydrogens (tertiary/aromatic N) is 3. The van der Waals surface area contributed by atoms with Gasteiger partial charge in [0, 0.05) is 55.2 Å². The van der Waals surface area contributed by atoms with Gasteiger partial charge in [-0.15, -0.1) is 0 Å². The molecule has 5 heteroatoms. The van der Waals surface area contributed by atoms with Crippen LogP contribution in [0.15, 0.2) is 12.1 Å². The number of rotatable bonds is 3. The van der Waals surface area contributed by atoms with Gasteiger partial charge in [0.05, 0.1) is 0 Å². The van der Waals surface area contributed by atoms with Gasteiger partial charge in [-0.05, 0) is 38.8 Å². The lowest BCUT2D eigenvalue weighted by Gasteiger charge is -2.33. The summed E-state index contributed by atoms with van der Waals surface area (Å²) in [5.41, 5.74) is 2.52. The van der Waals surface area contributed by atoms with E-state index in [1.165, 1.54) is 32.1 Å². The number of carboxylic acids is 1. The van der Waals surface area contributed by atoms with Crippen LogP contribution in [-0.4, -0.2) is 53.2 Å². The predicted molar refractivity (Wildman–Crippen MR) is 97.9 cm³/mol. The second-order valence-corrected chi connectivity index (χ2v) is 8.37. The van der Waals surface area contributed by atoms with Crippen molar-refractivity contribution in [3.63, 3.8) is 0 Å². The zero-order valence-electron chi connectivity index (χ0n) is 15.4. The molecule has 1 aromatic rings. The minimum absolute atomic E-state index is 0.223. The van der Waals surface area contributed by atoms with Crippen LogP contribution in [0.3, 0.4) is 0 Å². The van der Waals surface area contributed by atoms with E-state index in [2.05, 4.69) is 26.9 Å². The number of hydrogen-bond acceptors (Lipinski definition) is 4. The Balaban J connectivity index is 1.55. The summed E-state index contributed by atoms with van der Waals surface area (Å²) in [5.74, 6) is -0.387. The molecule has 0 spiro atoms. The van der Waals surface area contributed by atoms with Crippen LogP contribution in [-0.2, 0) is 4.79 Å². The van der Waals surface area contributed by atoms with Crippen molar-refractivity contribution >= 4 is 11.7 Å². The first-order valence-electron chi connectivity index (χ1n) is 9.66. The van der Waals surface area contributed by atoms with Gasteiger partial charge in [-0.2, -0.15) is 0 Å². The summed E-state index contributed by atoms with van der Waals surface area (Å²) in [6.45, 7) is 7.14. The maximum absolute atomic E-state index is 12.3. The summed E-state index contributed by atoms with van der Waals surface area (Å²) in [4.78, 5) is 21.5. The lowest BCUT2D eigenvalue weighted by atomic mass is 9.81. The molecule has 5 nitrogen and oxygen atoms in total. The molecule has 1 N–H and O–H groups in total. The van der Waals surface area contributed by atoms with Crippen molar-refractivity contribution in [2.45, 2.75) is 52.0 Å². The smallest absolute Gasteiger partial charge is 0.313 e. The molecule has 2 saturated heterocycles. The van der Waals surface area contributed by atoms with Crippen molar-refractivity contribution in [1.29, 1.82) is 0 Å². The maximum atomic E-state index is 12.3. The number of aromatic nitrogens is 1. The molecular formula is C20H29N3O2. The molecule has 1 saturated carbocycles. The molecule has 0 unspecified atom stereocenters. The molecule has 1 aliphatic carbocycles. The summed E-state index contributed by atoms with van der Waals surface area (Å²) in [6, 6.07) is 4.78. The Morgan fingerprint density at radius 3 is 2.40 bits per heavy atom. The largest absolute Gasteiger partial charge is 0.481 e. The van der Waals surface area contributed by atoms with Crippen LogP contribution in [0.2, 0.25) is 0 Å². The van der Waals surface area contributed by atoms with E-state index < -0.39 is 11.4 Å². The van der Waals surface area contributed by atoms with Gasteiger partial charge in [-0.25, -0.2) is 0 Å². The zero-order chi connectivity index (χ0) is 17.6. The average molecular weight is 343 g/mol. The van der Waals surface area contributed by atoms with E-state index in [-0.39, 0.29) is 5.92 Å². The molecule has 3 heterocycles.